The third-order valence-corrected chi connectivity index (χ3v) is 3.54. The second-order valence-corrected chi connectivity index (χ2v) is 4.80. The molecule has 10 heteroatoms. The van der Waals surface area contributed by atoms with Crippen LogP contribution in [0.1, 0.15) is 6.23 Å². The molecule has 1 aliphatic heterocycles. The molecule has 1 saturated heterocycles. The van der Waals surface area contributed by atoms with Crippen LogP contribution < -0.4 is 5.73 Å². The maximum absolute atomic E-state index is 10.1. The van der Waals surface area contributed by atoms with Gasteiger partial charge in [-0.3, -0.25) is 4.57 Å². The van der Waals surface area contributed by atoms with Gasteiger partial charge in [-0.05, 0) is 0 Å². The van der Waals surface area contributed by atoms with Gasteiger partial charge >= 0.3 is 0 Å². The molecule has 2 aromatic rings. The summed E-state index contributed by atoms with van der Waals surface area (Å²) < 4.78 is 6.81. The van der Waals surface area contributed by atoms with Crippen molar-refractivity contribution in [3.05, 3.63) is 12.7 Å². The van der Waals surface area contributed by atoms with E-state index >= 15 is 0 Å². The van der Waals surface area contributed by atoms with Crippen LogP contribution in [0.4, 0.5) is 5.82 Å². The van der Waals surface area contributed by atoms with E-state index in [9.17, 15) is 20.4 Å². The molecular weight excluding hydrogens is 282 g/mol. The number of nitrogens with two attached hydrogens (primary N) is 1. The van der Waals surface area contributed by atoms with Gasteiger partial charge in [0, 0.05) is 0 Å². The smallest absolute Gasteiger partial charge is 0.183 e. The number of rotatable bonds is 2. The summed E-state index contributed by atoms with van der Waals surface area (Å²) in [5, 5.41) is 38.9. The van der Waals surface area contributed by atoms with Crippen molar-refractivity contribution in [1.29, 1.82) is 0 Å². The molecule has 21 heavy (non-hydrogen) atoms. The van der Waals surface area contributed by atoms with Crippen LogP contribution in [-0.4, -0.2) is 71.0 Å². The summed E-state index contributed by atoms with van der Waals surface area (Å²) in [5.74, 6) is 0.134. The van der Waals surface area contributed by atoms with E-state index in [2.05, 4.69) is 15.0 Å². The zero-order chi connectivity index (χ0) is 15.1. The van der Waals surface area contributed by atoms with Crippen molar-refractivity contribution in [2.24, 2.45) is 0 Å². The number of imidazole rings is 1. The molecule has 0 aromatic carbocycles. The lowest BCUT2D eigenvalue weighted by Gasteiger charge is -2.40. The number of fused-ring (bicyclic) bond motifs is 1. The standard InChI is InChI=1S/C11H15N5O5/c12-9-5-10(14-2-13-9)15-3-16(5)11-8(20)7(19)6(18)4(1-17)21-11/h2-4,6-8,11,17-20H,1H2,(H2,12,13,14). The van der Waals surface area contributed by atoms with E-state index in [1.807, 2.05) is 0 Å². The summed E-state index contributed by atoms with van der Waals surface area (Å²) >= 11 is 0. The number of nitrogens with zero attached hydrogens (tertiary/aromatic N) is 4. The van der Waals surface area contributed by atoms with Gasteiger partial charge in [0.1, 0.15) is 42.6 Å². The Hall–Kier alpha value is -1.85. The van der Waals surface area contributed by atoms with Crippen molar-refractivity contribution in [3.63, 3.8) is 0 Å². The Morgan fingerprint density at radius 3 is 2.62 bits per heavy atom. The molecule has 0 aliphatic carbocycles. The van der Waals surface area contributed by atoms with Gasteiger partial charge in [0.05, 0.1) is 6.61 Å². The van der Waals surface area contributed by atoms with Crippen molar-refractivity contribution in [3.8, 4) is 0 Å². The first-order valence-corrected chi connectivity index (χ1v) is 6.28. The number of anilines is 1. The van der Waals surface area contributed by atoms with Gasteiger partial charge < -0.3 is 30.9 Å². The number of aliphatic hydroxyl groups excluding tert-OH is 4. The molecule has 3 rings (SSSR count). The molecule has 5 unspecified atom stereocenters. The fourth-order valence-corrected chi connectivity index (χ4v) is 2.40. The normalized spacial score (nSPS) is 33.4. The Kier molecular flexibility index (Phi) is 3.47. The van der Waals surface area contributed by atoms with Crippen molar-refractivity contribution in [2.45, 2.75) is 30.6 Å². The maximum Gasteiger partial charge on any atom is 0.183 e. The van der Waals surface area contributed by atoms with Gasteiger partial charge in [-0.2, -0.15) is 0 Å². The molecule has 1 aliphatic rings. The molecule has 114 valence electrons. The molecule has 3 heterocycles. The molecule has 0 radical (unpaired) electrons. The van der Waals surface area contributed by atoms with Crippen molar-refractivity contribution < 1.29 is 25.2 Å². The summed E-state index contributed by atoms with van der Waals surface area (Å²) in [5.41, 5.74) is 6.41. The maximum atomic E-state index is 10.1. The summed E-state index contributed by atoms with van der Waals surface area (Å²) in [6, 6.07) is 0. The highest BCUT2D eigenvalue weighted by Gasteiger charge is 2.44. The van der Waals surface area contributed by atoms with E-state index in [1.165, 1.54) is 17.2 Å². The van der Waals surface area contributed by atoms with E-state index in [0.717, 1.165) is 0 Å². The highest BCUT2D eigenvalue weighted by atomic mass is 16.6. The second-order valence-electron chi connectivity index (χ2n) is 4.80. The number of aliphatic hydroxyl groups is 4. The fourth-order valence-electron chi connectivity index (χ4n) is 2.40. The Morgan fingerprint density at radius 1 is 1.14 bits per heavy atom. The van der Waals surface area contributed by atoms with Gasteiger partial charge in [-0.1, -0.05) is 0 Å². The fraction of sp³-hybridized carbons (Fsp3) is 0.545. The van der Waals surface area contributed by atoms with Crippen molar-refractivity contribution in [2.75, 3.05) is 12.3 Å². The summed E-state index contributed by atoms with van der Waals surface area (Å²) in [4.78, 5) is 11.8. The summed E-state index contributed by atoms with van der Waals surface area (Å²) in [6.45, 7) is -0.514. The Balaban J connectivity index is 2.05. The summed E-state index contributed by atoms with van der Waals surface area (Å²) in [6.07, 6.45) is -3.85. The minimum Gasteiger partial charge on any atom is -0.394 e. The lowest BCUT2D eigenvalue weighted by Crippen LogP contribution is -2.56. The third-order valence-electron chi connectivity index (χ3n) is 3.54. The predicted octanol–water partition coefficient (Wildman–Crippen LogP) is -2.62. The monoisotopic (exact) mass is 297 g/mol. The molecule has 0 saturated carbocycles. The van der Waals surface area contributed by atoms with Gasteiger partial charge in [-0.15, -0.1) is 0 Å². The van der Waals surface area contributed by atoms with E-state index in [4.69, 9.17) is 10.5 Å². The quantitative estimate of drug-likeness (QED) is 0.400. The van der Waals surface area contributed by atoms with Gasteiger partial charge in [0.2, 0.25) is 0 Å². The van der Waals surface area contributed by atoms with Crippen LogP contribution >= 0.6 is 0 Å². The van der Waals surface area contributed by atoms with E-state index < -0.39 is 37.3 Å². The van der Waals surface area contributed by atoms with Gasteiger partial charge in [0.15, 0.2) is 17.7 Å². The Labute approximate surface area is 118 Å². The molecule has 0 spiro atoms. The van der Waals surface area contributed by atoms with Crippen LogP contribution in [0.3, 0.4) is 0 Å². The van der Waals surface area contributed by atoms with Crippen LogP contribution in [0.2, 0.25) is 0 Å². The molecular formula is C11H15N5O5. The Bertz CT molecular complexity index is 647. The minimum absolute atomic E-state index is 0.134. The topological polar surface area (TPSA) is 160 Å². The number of ether oxygens (including phenoxy) is 1. The second kappa shape index (κ2) is 5.16. The number of aromatic nitrogens is 4. The van der Waals surface area contributed by atoms with Gasteiger partial charge in [-0.25, -0.2) is 15.0 Å². The Morgan fingerprint density at radius 2 is 1.90 bits per heavy atom. The van der Waals surface area contributed by atoms with Crippen LogP contribution in [-0.2, 0) is 4.74 Å². The molecule has 2 aromatic heterocycles. The first-order valence-electron chi connectivity index (χ1n) is 6.28. The summed E-state index contributed by atoms with van der Waals surface area (Å²) in [7, 11) is 0. The predicted molar refractivity (Wildman–Crippen MR) is 68.8 cm³/mol. The molecule has 10 nitrogen and oxygen atoms in total. The van der Waals surface area contributed by atoms with Crippen LogP contribution in [0.25, 0.3) is 11.2 Å². The lowest BCUT2D eigenvalue weighted by atomic mass is 9.98. The number of nitrogen functional groups attached to an aromatic ring is 1. The average molecular weight is 297 g/mol. The number of hydrogen-bond acceptors (Lipinski definition) is 9. The minimum atomic E-state index is -1.48. The first-order chi connectivity index (χ1) is 10.0. The van der Waals surface area contributed by atoms with E-state index in [1.54, 1.807) is 0 Å². The zero-order valence-corrected chi connectivity index (χ0v) is 10.8. The highest BCUT2D eigenvalue weighted by molar-refractivity contribution is 5.81. The van der Waals surface area contributed by atoms with E-state index in [0.29, 0.717) is 11.2 Å². The first kappa shape index (κ1) is 14.1. The zero-order valence-electron chi connectivity index (χ0n) is 10.8. The van der Waals surface area contributed by atoms with Crippen LogP contribution in [0.15, 0.2) is 12.7 Å². The van der Waals surface area contributed by atoms with Crippen LogP contribution in [0.5, 0.6) is 0 Å². The van der Waals surface area contributed by atoms with Crippen molar-refractivity contribution >= 4 is 17.0 Å². The average Bonchev–Trinajstić information content (AvgIpc) is 2.91. The molecule has 1 fully saturated rings. The molecule has 0 bridgehead atoms. The van der Waals surface area contributed by atoms with Gasteiger partial charge in [0.25, 0.3) is 0 Å². The SMILES string of the molecule is Nc1ncnc2ncn(C3OC(CO)C(O)C(O)C3O)c12. The molecule has 5 atom stereocenters. The number of hydrogen-bond donors (Lipinski definition) is 5. The third kappa shape index (κ3) is 2.13. The largest absolute Gasteiger partial charge is 0.394 e. The lowest BCUT2D eigenvalue weighted by molar-refractivity contribution is -0.250. The van der Waals surface area contributed by atoms with Crippen LogP contribution in [0, 0.1) is 0 Å². The molecule has 6 N–H and O–H groups in total. The van der Waals surface area contributed by atoms with Crippen molar-refractivity contribution in [1.82, 2.24) is 19.5 Å². The molecule has 0 amide bonds. The highest BCUT2D eigenvalue weighted by Crippen LogP contribution is 2.31. The van der Waals surface area contributed by atoms with E-state index in [-0.39, 0.29) is 5.82 Å².